The van der Waals surface area contributed by atoms with Gasteiger partial charge in [0.25, 0.3) is 11.8 Å². The lowest BCUT2D eigenvalue weighted by Gasteiger charge is -2.26. The Bertz CT molecular complexity index is 292. The van der Waals surface area contributed by atoms with Crippen LogP contribution in [0.3, 0.4) is 0 Å². The number of rotatable bonds is 1. The Balaban J connectivity index is 3.00. The van der Waals surface area contributed by atoms with Crippen LogP contribution in [0.25, 0.3) is 0 Å². The summed E-state index contributed by atoms with van der Waals surface area (Å²) in [6.07, 6.45) is 2.34. The zero-order valence-corrected chi connectivity index (χ0v) is 6.87. The quantitative estimate of drug-likeness (QED) is 0.520. The van der Waals surface area contributed by atoms with Crippen molar-refractivity contribution in [2.24, 2.45) is 0 Å². The molecule has 0 aromatic carbocycles. The van der Waals surface area contributed by atoms with Crippen LogP contribution in [0.2, 0.25) is 0 Å². The smallest absolute Gasteiger partial charge is 0.254 e. The van der Waals surface area contributed by atoms with Gasteiger partial charge in [0.1, 0.15) is 5.54 Å². The van der Waals surface area contributed by atoms with Crippen molar-refractivity contribution >= 4 is 11.8 Å². The molecular weight excluding hydrogens is 156 g/mol. The molecule has 0 atom stereocenters. The van der Waals surface area contributed by atoms with Crippen LogP contribution in [0.1, 0.15) is 13.8 Å². The van der Waals surface area contributed by atoms with E-state index in [0.717, 1.165) is 4.90 Å². The number of carbonyl (C=O) groups excluding carboxylic acids is 2. The summed E-state index contributed by atoms with van der Waals surface area (Å²) in [5.74, 6) is -0.849. The van der Waals surface area contributed by atoms with E-state index in [1.807, 2.05) is 6.07 Å². The molecule has 0 aliphatic carbocycles. The molecule has 0 saturated heterocycles. The largest absolute Gasteiger partial charge is 0.269 e. The minimum Gasteiger partial charge on any atom is -0.269 e. The Morgan fingerprint density at radius 1 is 1.33 bits per heavy atom. The molecule has 4 heteroatoms. The standard InChI is InChI=1S/C8H8N2O2/c1-8(2,5-9)10-6(11)3-4-7(10)12/h3-4H,1-2H3. The summed E-state index contributed by atoms with van der Waals surface area (Å²) in [5, 5.41) is 8.67. The molecule has 0 bridgehead atoms. The molecule has 2 amide bonds. The lowest BCUT2D eigenvalue weighted by molar-refractivity contribution is -0.140. The third kappa shape index (κ3) is 1.10. The highest BCUT2D eigenvalue weighted by Gasteiger charge is 2.37. The lowest BCUT2D eigenvalue weighted by Crippen LogP contribution is -2.46. The summed E-state index contributed by atoms with van der Waals surface area (Å²) in [6.45, 7) is 3.05. The molecule has 1 rings (SSSR count). The van der Waals surface area contributed by atoms with Crippen LogP contribution in [0.4, 0.5) is 0 Å². The summed E-state index contributed by atoms with van der Waals surface area (Å²) in [4.78, 5) is 23.1. The molecule has 4 nitrogen and oxygen atoms in total. The van der Waals surface area contributed by atoms with Crippen LogP contribution in [0, 0.1) is 11.3 Å². The third-order valence-electron chi connectivity index (χ3n) is 1.64. The van der Waals surface area contributed by atoms with Crippen LogP contribution in [-0.4, -0.2) is 22.3 Å². The minimum atomic E-state index is -1.06. The average Bonchev–Trinajstić information content (AvgIpc) is 2.31. The Labute approximate surface area is 70.1 Å². The van der Waals surface area contributed by atoms with Crippen molar-refractivity contribution in [2.45, 2.75) is 19.4 Å². The topological polar surface area (TPSA) is 61.2 Å². The molecule has 1 aliphatic rings. The number of hydrogen-bond donors (Lipinski definition) is 0. The second-order valence-electron chi connectivity index (χ2n) is 3.02. The van der Waals surface area contributed by atoms with Crippen molar-refractivity contribution in [3.05, 3.63) is 12.2 Å². The molecule has 0 radical (unpaired) electrons. The maximum Gasteiger partial charge on any atom is 0.254 e. The molecular formula is C8H8N2O2. The van der Waals surface area contributed by atoms with Crippen LogP contribution in [-0.2, 0) is 9.59 Å². The van der Waals surface area contributed by atoms with Gasteiger partial charge in [0.05, 0.1) is 6.07 Å². The number of carbonyl (C=O) groups is 2. The molecule has 0 spiro atoms. The van der Waals surface area contributed by atoms with E-state index in [1.165, 1.54) is 26.0 Å². The van der Waals surface area contributed by atoms with Crippen molar-refractivity contribution in [2.75, 3.05) is 0 Å². The van der Waals surface area contributed by atoms with E-state index in [9.17, 15) is 9.59 Å². The molecule has 0 unspecified atom stereocenters. The van der Waals surface area contributed by atoms with Gasteiger partial charge in [0.15, 0.2) is 0 Å². The molecule has 12 heavy (non-hydrogen) atoms. The molecule has 0 fully saturated rings. The Morgan fingerprint density at radius 2 is 1.75 bits per heavy atom. The molecule has 0 N–H and O–H groups in total. The molecule has 0 aromatic heterocycles. The number of nitriles is 1. The van der Waals surface area contributed by atoms with E-state index in [1.54, 1.807) is 0 Å². The highest BCUT2D eigenvalue weighted by molar-refractivity contribution is 6.13. The van der Waals surface area contributed by atoms with Crippen molar-refractivity contribution < 1.29 is 9.59 Å². The SMILES string of the molecule is CC(C)(C#N)N1C(=O)C=CC1=O. The summed E-state index contributed by atoms with van der Waals surface area (Å²) in [6, 6.07) is 1.89. The lowest BCUT2D eigenvalue weighted by atomic mass is 10.1. The van der Waals surface area contributed by atoms with Crippen LogP contribution in [0.15, 0.2) is 12.2 Å². The summed E-state index contributed by atoms with van der Waals surface area (Å²) < 4.78 is 0. The summed E-state index contributed by atoms with van der Waals surface area (Å²) in [7, 11) is 0. The normalized spacial score (nSPS) is 16.9. The third-order valence-corrected chi connectivity index (χ3v) is 1.64. The van der Waals surface area contributed by atoms with E-state index in [0.29, 0.717) is 0 Å². The Hall–Kier alpha value is -1.63. The zero-order valence-electron chi connectivity index (χ0n) is 6.87. The molecule has 62 valence electrons. The maximum atomic E-state index is 11.1. The monoisotopic (exact) mass is 164 g/mol. The van der Waals surface area contributed by atoms with Gasteiger partial charge < -0.3 is 0 Å². The van der Waals surface area contributed by atoms with Gasteiger partial charge in [-0.25, -0.2) is 0 Å². The van der Waals surface area contributed by atoms with Crippen LogP contribution in [0.5, 0.6) is 0 Å². The molecule has 1 aliphatic heterocycles. The van der Waals surface area contributed by atoms with Gasteiger partial charge in [-0.15, -0.1) is 0 Å². The summed E-state index contributed by atoms with van der Waals surface area (Å²) >= 11 is 0. The van der Waals surface area contributed by atoms with Crippen molar-refractivity contribution in [1.29, 1.82) is 5.26 Å². The van der Waals surface area contributed by atoms with Gasteiger partial charge >= 0.3 is 0 Å². The average molecular weight is 164 g/mol. The number of amides is 2. The van der Waals surface area contributed by atoms with Gasteiger partial charge in [0, 0.05) is 12.2 Å². The van der Waals surface area contributed by atoms with Gasteiger partial charge in [-0.3, -0.25) is 14.5 Å². The highest BCUT2D eigenvalue weighted by Crippen LogP contribution is 2.18. The number of nitrogens with zero attached hydrogens (tertiary/aromatic N) is 2. The van der Waals surface area contributed by atoms with Crippen molar-refractivity contribution in [3.63, 3.8) is 0 Å². The van der Waals surface area contributed by atoms with E-state index < -0.39 is 17.4 Å². The first kappa shape index (κ1) is 8.47. The van der Waals surface area contributed by atoms with Crippen LogP contribution >= 0.6 is 0 Å². The predicted octanol–water partition coefficient (Wildman–Crippen LogP) is 0.214. The highest BCUT2D eigenvalue weighted by atomic mass is 16.2. The van der Waals surface area contributed by atoms with Crippen molar-refractivity contribution in [3.8, 4) is 6.07 Å². The van der Waals surface area contributed by atoms with E-state index in [-0.39, 0.29) is 0 Å². The fraction of sp³-hybridized carbons (Fsp3) is 0.375. The van der Waals surface area contributed by atoms with Crippen molar-refractivity contribution in [1.82, 2.24) is 4.90 Å². The molecule has 0 saturated carbocycles. The fourth-order valence-corrected chi connectivity index (χ4v) is 1.00. The van der Waals surface area contributed by atoms with Gasteiger partial charge in [-0.2, -0.15) is 5.26 Å². The predicted molar refractivity (Wildman–Crippen MR) is 40.7 cm³/mol. The van der Waals surface area contributed by atoms with Gasteiger partial charge in [0.2, 0.25) is 0 Å². The first-order valence-electron chi connectivity index (χ1n) is 3.46. The van der Waals surface area contributed by atoms with Gasteiger partial charge in [-0.1, -0.05) is 0 Å². The number of hydrogen-bond acceptors (Lipinski definition) is 3. The molecule has 0 aromatic rings. The first-order valence-corrected chi connectivity index (χ1v) is 3.46. The second-order valence-corrected chi connectivity index (χ2v) is 3.02. The first-order chi connectivity index (χ1) is 5.49. The van der Waals surface area contributed by atoms with E-state index in [4.69, 9.17) is 5.26 Å². The van der Waals surface area contributed by atoms with Crippen LogP contribution < -0.4 is 0 Å². The zero-order chi connectivity index (χ0) is 9.35. The summed E-state index contributed by atoms with van der Waals surface area (Å²) in [5.41, 5.74) is -1.06. The maximum absolute atomic E-state index is 11.1. The van der Waals surface area contributed by atoms with Gasteiger partial charge in [-0.05, 0) is 13.8 Å². The fourth-order valence-electron chi connectivity index (χ4n) is 1.00. The minimum absolute atomic E-state index is 0.424. The van der Waals surface area contributed by atoms with E-state index in [2.05, 4.69) is 0 Å². The Kier molecular flexibility index (Phi) is 1.73. The van der Waals surface area contributed by atoms with E-state index >= 15 is 0 Å². The second kappa shape index (κ2) is 2.45. The number of imide groups is 1. The Morgan fingerprint density at radius 3 is 2.08 bits per heavy atom. The molecule has 1 heterocycles.